The second-order valence-corrected chi connectivity index (χ2v) is 6.50. The van der Waals surface area contributed by atoms with Crippen LogP contribution in [0.5, 0.6) is 5.75 Å². The van der Waals surface area contributed by atoms with Gasteiger partial charge in [-0.05, 0) is 42.5 Å². The molecular weight excluding hydrogens is 364 g/mol. The molecule has 4 rings (SSSR count). The molecule has 0 saturated carbocycles. The maximum Gasteiger partial charge on any atom is 0.268 e. The van der Waals surface area contributed by atoms with E-state index in [1.807, 2.05) is 0 Å². The van der Waals surface area contributed by atoms with E-state index in [4.69, 9.17) is 4.74 Å². The fraction of sp³-hybridized carbons (Fsp3) is 0.136. The number of fused-ring (bicyclic) bond motifs is 1. The molecule has 0 aliphatic carbocycles. The number of halogens is 2. The number of nitrogens with zero attached hydrogens (tertiary/aromatic N) is 1. The van der Waals surface area contributed by atoms with E-state index in [0.29, 0.717) is 17.0 Å². The molecule has 1 aliphatic heterocycles. The molecular formula is C22H17F2NO3. The van der Waals surface area contributed by atoms with E-state index >= 15 is 0 Å². The van der Waals surface area contributed by atoms with E-state index in [0.717, 1.165) is 6.07 Å². The summed E-state index contributed by atoms with van der Waals surface area (Å²) in [5, 5.41) is 11.3. The minimum atomic E-state index is -1.96. The SMILES string of the molecule is O=C1N(CCOc2ccc(F)cc2)c2ccccc2[C@@]1(O)c1cccc(F)c1. The van der Waals surface area contributed by atoms with Crippen LogP contribution in [0.1, 0.15) is 11.1 Å². The molecule has 0 spiro atoms. The Morgan fingerprint density at radius 1 is 0.929 bits per heavy atom. The maximum atomic E-state index is 13.7. The lowest BCUT2D eigenvalue weighted by Crippen LogP contribution is -2.42. The third-order valence-corrected chi connectivity index (χ3v) is 4.78. The summed E-state index contributed by atoms with van der Waals surface area (Å²) >= 11 is 0. The second-order valence-electron chi connectivity index (χ2n) is 6.50. The van der Waals surface area contributed by atoms with Crippen molar-refractivity contribution in [2.45, 2.75) is 5.60 Å². The van der Waals surface area contributed by atoms with E-state index in [2.05, 4.69) is 0 Å². The third-order valence-electron chi connectivity index (χ3n) is 4.78. The highest BCUT2D eigenvalue weighted by atomic mass is 19.1. The van der Waals surface area contributed by atoms with Crippen molar-refractivity contribution in [3.63, 3.8) is 0 Å². The molecule has 1 aliphatic rings. The van der Waals surface area contributed by atoms with Gasteiger partial charge in [0.1, 0.15) is 24.0 Å². The van der Waals surface area contributed by atoms with Gasteiger partial charge >= 0.3 is 0 Å². The van der Waals surface area contributed by atoms with Crippen LogP contribution in [0.25, 0.3) is 0 Å². The zero-order valence-electron chi connectivity index (χ0n) is 14.8. The number of hydrogen-bond acceptors (Lipinski definition) is 3. The highest BCUT2D eigenvalue weighted by Crippen LogP contribution is 2.44. The van der Waals surface area contributed by atoms with Crippen molar-refractivity contribution in [1.29, 1.82) is 0 Å². The average Bonchev–Trinajstić information content (AvgIpc) is 2.92. The molecule has 1 N–H and O–H groups in total. The summed E-state index contributed by atoms with van der Waals surface area (Å²) in [6.07, 6.45) is 0. The first-order valence-corrected chi connectivity index (χ1v) is 8.78. The van der Waals surface area contributed by atoms with Crippen LogP contribution >= 0.6 is 0 Å². The number of aliphatic hydroxyl groups is 1. The molecule has 1 amide bonds. The van der Waals surface area contributed by atoms with Gasteiger partial charge in [-0.2, -0.15) is 0 Å². The van der Waals surface area contributed by atoms with Gasteiger partial charge in [0, 0.05) is 11.1 Å². The number of para-hydroxylation sites is 1. The fourth-order valence-electron chi connectivity index (χ4n) is 3.43. The number of anilines is 1. The summed E-state index contributed by atoms with van der Waals surface area (Å²) in [5.74, 6) is -0.991. The van der Waals surface area contributed by atoms with Gasteiger partial charge in [0.2, 0.25) is 0 Å². The first-order valence-electron chi connectivity index (χ1n) is 8.78. The summed E-state index contributed by atoms with van der Waals surface area (Å²) in [5.41, 5.74) is -0.851. The monoisotopic (exact) mass is 381 g/mol. The minimum Gasteiger partial charge on any atom is -0.492 e. The van der Waals surface area contributed by atoms with Crippen LogP contribution in [0.4, 0.5) is 14.5 Å². The molecule has 0 unspecified atom stereocenters. The zero-order chi connectivity index (χ0) is 19.7. The first-order chi connectivity index (χ1) is 13.5. The van der Waals surface area contributed by atoms with Gasteiger partial charge in [-0.15, -0.1) is 0 Å². The molecule has 4 nitrogen and oxygen atoms in total. The van der Waals surface area contributed by atoms with Gasteiger partial charge in [0.25, 0.3) is 5.91 Å². The smallest absolute Gasteiger partial charge is 0.268 e. The highest BCUT2D eigenvalue weighted by molar-refractivity contribution is 6.09. The Labute approximate surface area is 160 Å². The highest BCUT2D eigenvalue weighted by Gasteiger charge is 2.50. The normalized spacial score (nSPS) is 18.2. The number of rotatable bonds is 5. The van der Waals surface area contributed by atoms with Crippen LogP contribution in [0.2, 0.25) is 0 Å². The van der Waals surface area contributed by atoms with Crippen LogP contribution in [-0.4, -0.2) is 24.2 Å². The molecule has 0 fully saturated rings. The Bertz CT molecular complexity index is 1020. The summed E-state index contributed by atoms with van der Waals surface area (Å²) in [4.78, 5) is 14.6. The van der Waals surface area contributed by atoms with Gasteiger partial charge in [-0.1, -0.05) is 30.3 Å². The van der Waals surface area contributed by atoms with Gasteiger partial charge < -0.3 is 14.7 Å². The van der Waals surface area contributed by atoms with Crippen LogP contribution in [-0.2, 0) is 10.4 Å². The van der Waals surface area contributed by atoms with Crippen LogP contribution in [0, 0.1) is 11.6 Å². The number of hydrogen-bond donors (Lipinski definition) is 1. The predicted octanol–water partition coefficient (Wildman–Crippen LogP) is 3.63. The van der Waals surface area contributed by atoms with Gasteiger partial charge in [0.05, 0.1) is 12.2 Å². The van der Waals surface area contributed by atoms with Crippen LogP contribution in [0.3, 0.4) is 0 Å². The van der Waals surface area contributed by atoms with E-state index in [1.165, 1.54) is 47.4 Å². The fourth-order valence-corrected chi connectivity index (χ4v) is 3.43. The molecule has 3 aromatic carbocycles. The number of ether oxygens (including phenoxy) is 1. The largest absolute Gasteiger partial charge is 0.492 e. The number of carbonyl (C=O) groups is 1. The van der Waals surface area contributed by atoms with Crippen molar-refractivity contribution >= 4 is 11.6 Å². The number of benzene rings is 3. The molecule has 6 heteroatoms. The third kappa shape index (κ3) is 3.01. The summed E-state index contributed by atoms with van der Waals surface area (Å²) in [7, 11) is 0. The van der Waals surface area contributed by atoms with Crippen molar-refractivity contribution in [3.05, 3.63) is 95.6 Å². The van der Waals surface area contributed by atoms with Crippen molar-refractivity contribution in [3.8, 4) is 5.75 Å². The summed E-state index contributed by atoms with van der Waals surface area (Å²) < 4.78 is 32.3. The minimum absolute atomic E-state index is 0.144. The van der Waals surface area contributed by atoms with Crippen molar-refractivity contribution < 1.29 is 23.4 Å². The number of carbonyl (C=O) groups excluding carboxylic acids is 1. The molecule has 1 heterocycles. The molecule has 28 heavy (non-hydrogen) atoms. The Balaban J connectivity index is 1.61. The van der Waals surface area contributed by atoms with Crippen molar-refractivity contribution in [1.82, 2.24) is 0 Å². The molecule has 0 aromatic heterocycles. The van der Waals surface area contributed by atoms with E-state index in [-0.39, 0.29) is 24.5 Å². The second kappa shape index (κ2) is 7.05. The van der Waals surface area contributed by atoms with Gasteiger partial charge in [-0.3, -0.25) is 4.79 Å². The molecule has 0 radical (unpaired) electrons. The van der Waals surface area contributed by atoms with Crippen LogP contribution in [0.15, 0.2) is 72.8 Å². The zero-order valence-corrected chi connectivity index (χ0v) is 14.8. The molecule has 0 saturated heterocycles. The molecule has 3 aromatic rings. The van der Waals surface area contributed by atoms with Crippen molar-refractivity contribution in [2.75, 3.05) is 18.1 Å². The average molecular weight is 381 g/mol. The Morgan fingerprint density at radius 2 is 1.68 bits per heavy atom. The Morgan fingerprint density at radius 3 is 2.43 bits per heavy atom. The molecule has 0 bridgehead atoms. The Kier molecular flexibility index (Phi) is 4.57. The van der Waals surface area contributed by atoms with E-state index in [9.17, 15) is 18.7 Å². The number of amides is 1. The Hall–Kier alpha value is -3.25. The quantitative estimate of drug-likeness (QED) is 0.734. The molecule has 142 valence electrons. The standard InChI is InChI=1S/C22H17F2NO3/c23-16-8-10-18(11-9-16)28-13-12-25-20-7-2-1-6-19(20)22(27,21(25)26)15-4-3-5-17(24)14-15/h1-11,14,27H,12-13H2/t22-/m0/s1. The summed E-state index contributed by atoms with van der Waals surface area (Å²) in [6.45, 7) is 0.315. The lowest BCUT2D eigenvalue weighted by molar-refractivity contribution is -0.132. The predicted molar refractivity (Wildman–Crippen MR) is 100 cm³/mol. The van der Waals surface area contributed by atoms with Crippen molar-refractivity contribution in [2.24, 2.45) is 0 Å². The molecule has 1 atom stereocenters. The van der Waals surface area contributed by atoms with Crippen LogP contribution < -0.4 is 9.64 Å². The summed E-state index contributed by atoms with van der Waals surface area (Å²) in [6, 6.07) is 17.8. The lowest BCUT2D eigenvalue weighted by Gasteiger charge is -2.24. The lowest BCUT2D eigenvalue weighted by atomic mass is 9.87. The van der Waals surface area contributed by atoms with Gasteiger partial charge in [0.15, 0.2) is 5.60 Å². The topological polar surface area (TPSA) is 49.8 Å². The van der Waals surface area contributed by atoms with Gasteiger partial charge in [-0.25, -0.2) is 8.78 Å². The van der Waals surface area contributed by atoms with E-state index < -0.39 is 17.3 Å². The van der Waals surface area contributed by atoms with E-state index in [1.54, 1.807) is 24.3 Å². The maximum absolute atomic E-state index is 13.7. The first kappa shape index (κ1) is 18.1.